The molecular weight excluding hydrogens is 326 g/mol. The molecule has 7 nitrogen and oxygen atoms in total. The first-order valence-corrected chi connectivity index (χ1v) is 10.0. The molecule has 2 aromatic rings. The predicted octanol–water partition coefficient (Wildman–Crippen LogP) is 1.84. The standard InChI is InChI=1S/C16H23N5O2S/c1-13-6-4-9-19(12-13)24(22,23)21-11-5-7-14(21)16-18-17-15-8-2-3-10-20(15)16/h2-3,8,10,13-14H,4-7,9,11-12H2,1H3/t13-,14-/m0/s1. The summed E-state index contributed by atoms with van der Waals surface area (Å²) in [5, 5.41) is 8.47. The number of hydrogen-bond donors (Lipinski definition) is 0. The molecule has 2 saturated heterocycles. The van der Waals surface area contributed by atoms with Crippen molar-refractivity contribution in [1.29, 1.82) is 0 Å². The van der Waals surface area contributed by atoms with Crippen LogP contribution in [0.4, 0.5) is 0 Å². The molecule has 0 bridgehead atoms. The molecule has 4 heterocycles. The first-order chi connectivity index (χ1) is 11.6. The van der Waals surface area contributed by atoms with Crippen LogP contribution in [-0.2, 0) is 10.2 Å². The van der Waals surface area contributed by atoms with Gasteiger partial charge in [-0.3, -0.25) is 4.40 Å². The molecule has 0 N–H and O–H groups in total. The summed E-state index contributed by atoms with van der Waals surface area (Å²) >= 11 is 0. The SMILES string of the molecule is C[C@H]1CCCN(S(=O)(=O)N2CCC[C@H]2c2nnc3ccccn23)C1. The number of piperidine rings is 1. The summed E-state index contributed by atoms with van der Waals surface area (Å²) < 4.78 is 31.5. The fourth-order valence-corrected chi connectivity index (χ4v) is 5.85. The minimum atomic E-state index is -3.45. The molecule has 2 fully saturated rings. The largest absolute Gasteiger partial charge is 0.285 e. The van der Waals surface area contributed by atoms with Crippen molar-refractivity contribution in [3.63, 3.8) is 0 Å². The first-order valence-electron chi connectivity index (χ1n) is 8.64. The lowest BCUT2D eigenvalue weighted by molar-refractivity contribution is 0.252. The average molecular weight is 349 g/mol. The molecule has 2 aliphatic heterocycles. The summed E-state index contributed by atoms with van der Waals surface area (Å²) in [4.78, 5) is 0. The van der Waals surface area contributed by atoms with E-state index in [2.05, 4.69) is 17.1 Å². The van der Waals surface area contributed by atoms with Crippen molar-refractivity contribution < 1.29 is 8.42 Å². The van der Waals surface area contributed by atoms with Crippen LogP contribution in [0.15, 0.2) is 24.4 Å². The molecule has 0 aromatic carbocycles. The Morgan fingerprint density at radius 1 is 1.12 bits per heavy atom. The summed E-state index contributed by atoms with van der Waals surface area (Å²) in [6, 6.07) is 5.48. The Labute approximate surface area is 142 Å². The van der Waals surface area contributed by atoms with Crippen molar-refractivity contribution in [2.75, 3.05) is 19.6 Å². The third kappa shape index (κ3) is 2.62. The zero-order valence-corrected chi connectivity index (χ0v) is 14.7. The maximum Gasteiger partial charge on any atom is 0.282 e. The second kappa shape index (κ2) is 6.09. The van der Waals surface area contributed by atoms with E-state index in [0.29, 0.717) is 25.6 Å². The normalized spacial score (nSPS) is 27.0. The Hall–Kier alpha value is -1.51. The fourth-order valence-electron chi connectivity index (χ4n) is 3.87. The van der Waals surface area contributed by atoms with Crippen molar-refractivity contribution in [2.45, 2.75) is 38.6 Å². The van der Waals surface area contributed by atoms with Gasteiger partial charge in [0.25, 0.3) is 10.2 Å². The second-order valence-corrected chi connectivity index (χ2v) is 8.75. The van der Waals surface area contributed by atoms with Gasteiger partial charge in [-0.15, -0.1) is 10.2 Å². The topological polar surface area (TPSA) is 70.8 Å². The Morgan fingerprint density at radius 3 is 2.79 bits per heavy atom. The Bertz CT molecular complexity index is 834. The molecule has 130 valence electrons. The van der Waals surface area contributed by atoms with Crippen molar-refractivity contribution in [2.24, 2.45) is 5.92 Å². The number of fused-ring (bicyclic) bond motifs is 1. The van der Waals surface area contributed by atoms with Crippen LogP contribution in [0.2, 0.25) is 0 Å². The van der Waals surface area contributed by atoms with E-state index in [1.165, 1.54) is 0 Å². The Kier molecular flexibility index (Phi) is 4.06. The van der Waals surface area contributed by atoms with Crippen molar-refractivity contribution >= 4 is 15.9 Å². The lowest BCUT2D eigenvalue weighted by Gasteiger charge is -2.34. The maximum atomic E-state index is 13.2. The first kappa shape index (κ1) is 16.0. The average Bonchev–Trinajstić information content (AvgIpc) is 3.21. The van der Waals surface area contributed by atoms with Crippen molar-refractivity contribution in [1.82, 2.24) is 23.2 Å². The number of hydrogen-bond acceptors (Lipinski definition) is 4. The van der Waals surface area contributed by atoms with Crippen LogP contribution in [0, 0.1) is 5.92 Å². The lowest BCUT2D eigenvalue weighted by Crippen LogP contribution is -2.47. The molecule has 2 atom stereocenters. The van der Waals surface area contributed by atoms with Gasteiger partial charge in [-0.05, 0) is 43.7 Å². The molecule has 0 spiro atoms. The predicted molar refractivity (Wildman–Crippen MR) is 90.6 cm³/mol. The molecule has 24 heavy (non-hydrogen) atoms. The van der Waals surface area contributed by atoms with E-state index in [1.54, 1.807) is 8.61 Å². The van der Waals surface area contributed by atoms with E-state index in [-0.39, 0.29) is 6.04 Å². The summed E-state index contributed by atoms with van der Waals surface area (Å²) in [6.07, 6.45) is 5.58. The minimum absolute atomic E-state index is 0.232. The maximum absolute atomic E-state index is 13.2. The highest BCUT2D eigenvalue weighted by molar-refractivity contribution is 7.86. The van der Waals surface area contributed by atoms with Gasteiger partial charge in [-0.25, -0.2) is 0 Å². The van der Waals surface area contributed by atoms with Gasteiger partial charge in [0.05, 0.1) is 6.04 Å². The van der Waals surface area contributed by atoms with Gasteiger partial charge < -0.3 is 0 Å². The van der Waals surface area contributed by atoms with E-state index >= 15 is 0 Å². The number of pyridine rings is 1. The van der Waals surface area contributed by atoms with Gasteiger partial charge >= 0.3 is 0 Å². The van der Waals surface area contributed by atoms with Gasteiger partial charge in [-0.1, -0.05) is 13.0 Å². The van der Waals surface area contributed by atoms with Crippen LogP contribution < -0.4 is 0 Å². The van der Waals surface area contributed by atoms with Crippen molar-refractivity contribution in [3.05, 3.63) is 30.2 Å². The zero-order chi connectivity index (χ0) is 16.7. The summed E-state index contributed by atoms with van der Waals surface area (Å²) in [6.45, 7) is 3.91. The number of aromatic nitrogens is 3. The third-order valence-corrected chi connectivity index (χ3v) is 7.10. The van der Waals surface area contributed by atoms with Crippen molar-refractivity contribution in [3.8, 4) is 0 Å². The molecule has 0 saturated carbocycles. The molecule has 8 heteroatoms. The number of rotatable bonds is 3. The monoisotopic (exact) mass is 349 g/mol. The smallest absolute Gasteiger partial charge is 0.282 e. The molecule has 0 radical (unpaired) electrons. The molecule has 0 amide bonds. The highest BCUT2D eigenvalue weighted by Crippen LogP contribution is 2.35. The molecule has 4 rings (SSSR count). The number of nitrogens with zero attached hydrogens (tertiary/aromatic N) is 5. The van der Waals surface area contributed by atoms with Crippen LogP contribution in [0.1, 0.15) is 44.5 Å². The molecule has 2 aliphatic rings. The van der Waals surface area contributed by atoms with Crippen LogP contribution in [0.5, 0.6) is 0 Å². The van der Waals surface area contributed by atoms with Gasteiger partial charge in [0, 0.05) is 25.8 Å². The fraction of sp³-hybridized carbons (Fsp3) is 0.625. The quantitative estimate of drug-likeness (QED) is 0.848. The van der Waals surface area contributed by atoms with Crippen LogP contribution in [-0.4, -0.2) is 51.3 Å². The highest BCUT2D eigenvalue weighted by Gasteiger charge is 2.41. The lowest BCUT2D eigenvalue weighted by atomic mass is 10.0. The summed E-state index contributed by atoms with van der Waals surface area (Å²) in [5.74, 6) is 1.14. The van der Waals surface area contributed by atoms with E-state index in [1.807, 2.05) is 28.8 Å². The molecule has 0 unspecified atom stereocenters. The van der Waals surface area contributed by atoms with E-state index in [9.17, 15) is 8.42 Å². The van der Waals surface area contributed by atoms with Gasteiger partial charge in [-0.2, -0.15) is 17.0 Å². The molecule has 2 aromatic heterocycles. The second-order valence-electron chi connectivity index (χ2n) is 6.87. The van der Waals surface area contributed by atoms with Crippen LogP contribution >= 0.6 is 0 Å². The Morgan fingerprint density at radius 2 is 1.96 bits per heavy atom. The van der Waals surface area contributed by atoms with Crippen LogP contribution in [0.25, 0.3) is 5.65 Å². The summed E-state index contributed by atoms with van der Waals surface area (Å²) in [7, 11) is -3.45. The molecular formula is C16H23N5O2S. The zero-order valence-electron chi connectivity index (χ0n) is 13.9. The van der Waals surface area contributed by atoms with E-state index < -0.39 is 10.2 Å². The van der Waals surface area contributed by atoms with Gasteiger partial charge in [0.2, 0.25) is 0 Å². The van der Waals surface area contributed by atoms with Gasteiger partial charge in [0.15, 0.2) is 11.5 Å². The van der Waals surface area contributed by atoms with E-state index in [4.69, 9.17) is 0 Å². The Balaban J connectivity index is 1.67. The third-order valence-electron chi connectivity index (χ3n) is 5.08. The highest BCUT2D eigenvalue weighted by atomic mass is 32.2. The summed E-state index contributed by atoms with van der Waals surface area (Å²) in [5.41, 5.74) is 0.753. The minimum Gasteiger partial charge on any atom is -0.285 e. The van der Waals surface area contributed by atoms with E-state index in [0.717, 1.165) is 37.2 Å². The molecule has 0 aliphatic carbocycles. The van der Waals surface area contributed by atoms with Crippen LogP contribution in [0.3, 0.4) is 0 Å². The van der Waals surface area contributed by atoms with Gasteiger partial charge in [0.1, 0.15) is 0 Å².